The third-order valence-electron chi connectivity index (χ3n) is 6.25. The zero-order valence-corrected chi connectivity index (χ0v) is 25.5. The molecule has 0 bridgehead atoms. The van der Waals surface area contributed by atoms with Crippen LogP contribution in [0.3, 0.4) is 0 Å². The van der Waals surface area contributed by atoms with E-state index in [1.54, 1.807) is 13.8 Å². The summed E-state index contributed by atoms with van der Waals surface area (Å²) in [7, 11) is 1.18. The van der Waals surface area contributed by atoms with Gasteiger partial charge in [-0.1, -0.05) is 47.6 Å². The Morgan fingerprint density at radius 2 is 1.32 bits per heavy atom. The maximum Gasteiger partial charge on any atom is 0.514 e. The van der Waals surface area contributed by atoms with Crippen molar-refractivity contribution in [2.75, 3.05) is 20.3 Å². The first-order valence-corrected chi connectivity index (χ1v) is 13.6. The van der Waals surface area contributed by atoms with E-state index in [1.807, 2.05) is 41.5 Å². The number of rotatable bonds is 14. The van der Waals surface area contributed by atoms with Crippen molar-refractivity contribution in [1.82, 2.24) is 0 Å². The third-order valence-corrected chi connectivity index (χ3v) is 6.25. The van der Waals surface area contributed by atoms with Crippen LogP contribution in [0.5, 0.6) is 11.5 Å². The summed E-state index contributed by atoms with van der Waals surface area (Å²) in [5.74, 6) is -0.819. The van der Waals surface area contributed by atoms with Gasteiger partial charge >= 0.3 is 24.4 Å². The molecule has 1 unspecified atom stereocenters. The van der Waals surface area contributed by atoms with Crippen molar-refractivity contribution in [3.63, 3.8) is 0 Å². The third kappa shape index (κ3) is 12.7. The molecule has 12 nitrogen and oxygen atoms in total. The second-order valence-corrected chi connectivity index (χ2v) is 11.0. The van der Waals surface area contributed by atoms with Crippen molar-refractivity contribution in [2.45, 2.75) is 86.0 Å². The zero-order valence-electron chi connectivity index (χ0n) is 25.5. The maximum atomic E-state index is 12.6. The van der Waals surface area contributed by atoms with Crippen LogP contribution in [0.2, 0.25) is 0 Å². The summed E-state index contributed by atoms with van der Waals surface area (Å²) in [6.45, 7) is 14.7. The van der Waals surface area contributed by atoms with Crippen LogP contribution < -0.4 is 15.2 Å². The lowest BCUT2D eigenvalue weighted by molar-refractivity contribution is -0.147. The van der Waals surface area contributed by atoms with E-state index in [1.165, 1.54) is 25.3 Å². The van der Waals surface area contributed by atoms with Gasteiger partial charge in [0.15, 0.2) is 11.5 Å². The summed E-state index contributed by atoms with van der Waals surface area (Å²) in [4.78, 5) is 49.3. The molecule has 0 spiro atoms. The van der Waals surface area contributed by atoms with Crippen molar-refractivity contribution in [1.29, 1.82) is 0 Å². The molecular weight excluding hydrogens is 538 g/mol. The predicted molar refractivity (Wildman–Crippen MR) is 149 cm³/mol. The van der Waals surface area contributed by atoms with Crippen LogP contribution in [-0.2, 0) is 34.9 Å². The number of ether oxygens (including phenoxy) is 7. The van der Waals surface area contributed by atoms with Gasteiger partial charge in [0.05, 0.1) is 20.3 Å². The lowest BCUT2D eigenvalue weighted by Gasteiger charge is -2.26. The molecule has 1 aromatic carbocycles. The van der Waals surface area contributed by atoms with Gasteiger partial charge in [-0.05, 0) is 49.3 Å². The zero-order chi connectivity index (χ0) is 31.3. The Morgan fingerprint density at radius 1 is 0.780 bits per heavy atom. The second-order valence-electron chi connectivity index (χ2n) is 11.0. The summed E-state index contributed by atoms with van der Waals surface area (Å²) in [6, 6.07) is 4.30. The molecule has 3 atom stereocenters. The average molecular weight is 584 g/mol. The molecule has 0 saturated carbocycles. The van der Waals surface area contributed by atoms with Crippen LogP contribution in [0.1, 0.15) is 67.4 Å². The minimum Gasteiger partial charge on any atom is -0.468 e. The van der Waals surface area contributed by atoms with Crippen LogP contribution in [0, 0.1) is 17.8 Å². The van der Waals surface area contributed by atoms with E-state index in [0.717, 1.165) is 0 Å². The number of nitrogens with two attached hydrogens (primary N) is 1. The molecule has 0 heterocycles. The first kappa shape index (κ1) is 35.5. The molecular formula is C29H45NO11. The Kier molecular flexibility index (Phi) is 14.4. The van der Waals surface area contributed by atoms with Crippen LogP contribution in [-0.4, -0.2) is 62.5 Å². The number of esters is 1. The molecule has 0 fully saturated rings. The molecule has 0 aliphatic rings. The molecule has 41 heavy (non-hydrogen) atoms. The summed E-state index contributed by atoms with van der Waals surface area (Å²) in [5.41, 5.74) is 5.21. The Morgan fingerprint density at radius 3 is 1.80 bits per heavy atom. The first-order chi connectivity index (χ1) is 19.1. The lowest BCUT2D eigenvalue weighted by atomic mass is 9.88. The summed E-state index contributed by atoms with van der Waals surface area (Å²) >= 11 is 0. The van der Waals surface area contributed by atoms with E-state index in [4.69, 9.17) is 38.9 Å². The monoisotopic (exact) mass is 583 g/mol. The topological polar surface area (TPSA) is 159 Å². The molecule has 232 valence electrons. The van der Waals surface area contributed by atoms with Crippen molar-refractivity contribution >= 4 is 24.4 Å². The van der Waals surface area contributed by atoms with Crippen molar-refractivity contribution < 1.29 is 52.3 Å². The van der Waals surface area contributed by atoms with Gasteiger partial charge in [-0.15, -0.1) is 0 Å². The van der Waals surface area contributed by atoms with E-state index in [0.29, 0.717) is 5.56 Å². The van der Waals surface area contributed by atoms with Gasteiger partial charge < -0.3 is 38.9 Å². The highest BCUT2D eigenvalue weighted by molar-refractivity contribution is 5.81. The highest BCUT2D eigenvalue weighted by atomic mass is 16.8. The largest absolute Gasteiger partial charge is 0.514 e. The molecule has 0 aliphatic carbocycles. The number of benzene rings is 1. The normalized spacial score (nSPS) is 14.1. The molecule has 1 aromatic rings. The summed E-state index contributed by atoms with van der Waals surface area (Å²) in [5, 5.41) is 0. The fraction of sp³-hybridized carbons (Fsp3) is 0.655. The van der Waals surface area contributed by atoms with Gasteiger partial charge in [-0.25, -0.2) is 14.4 Å². The molecule has 0 aliphatic heterocycles. The van der Waals surface area contributed by atoms with Gasteiger partial charge in [-0.3, -0.25) is 4.79 Å². The SMILES string of the molecule is COC(=O)[C@@](N)(CCOC(=O)OCC(C)C)Cc1ccc(OC(=O)O[C@@H](C)C(C)C)c(OC(=O)OC(C)C(C)C)c1. The fourth-order valence-electron chi connectivity index (χ4n) is 3.05. The van der Waals surface area contributed by atoms with Crippen LogP contribution in [0.15, 0.2) is 18.2 Å². The lowest BCUT2D eigenvalue weighted by Crippen LogP contribution is -2.51. The molecule has 12 heteroatoms. The van der Waals surface area contributed by atoms with E-state index in [2.05, 4.69) is 0 Å². The smallest absolute Gasteiger partial charge is 0.468 e. The highest BCUT2D eigenvalue weighted by Crippen LogP contribution is 2.32. The average Bonchev–Trinajstić information content (AvgIpc) is 2.88. The highest BCUT2D eigenvalue weighted by Gasteiger charge is 2.36. The number of hydrogen-bond donors (Lipinski definition) is 1. The van der Waals surface area contributed by atoms with E-state index < -0.39 is 42.2 Å². The van der Waals surface area contributed by atoms with E-state index in [9.17, 15) is 19.2 Å². The molecule has 0 radical (unpaired) electrons. The van der Waals surface area contributed by atoms with Gasteiger partial charge in [0.2, 0.25) is 0 Å². The number of carbonyl (C=O) groups excluding carboxylic acids is 4. The molecule has 0 aromatic heterocycles. The molecule has 0 amide bonds. The van der Waals surface area contributed by atoms with Crippen LogP contribution >= 0.6 is 0 Å². The minimum atomic E-state index is -1.62. The van der Waals surface area contributed by atoms with Crippen LogP contribution in [0.25, 0.3) is 0 Å². The van der Waals surface area contributed by atoms with Gasteiger partial charge in [0.1, 0.15) is 17.7 Å². The molecule has 0 saturated heterocycles. The van der Waals surface area contributed by atoms with E-state index in [-0.39, 0.29) is 55.3 Å². The minimum absolute atomic E-state index is 0.0277. The van der Waals surface area contributed by atoms with Crippen molar-refractivity contribution in [3.05, 3.63) is 23.8 Å². The van der Waals surface area contributed by atoms with Gasteiger partial charge in [-0.2, -0.15) is 0 Å². The number of methoxy groups -OCH3 is 1. The van der Waals surface area contributed by atoms with Crippen LogP contribution in [0.4, 0.5) is 14.4 Å². The predicted octanol–water partition coefficient (Wildman–Crippen LogP) is 5.42. The van der Waals surface area contributed by atoms with E-state index >= 15 is 0 Å². The summed E-state index contributed by atoms with van der Waals surface area (Å²) < 4.78 is 36.2. The number of hydrogen-bond acceptors (Lipinski definition) is 12. The molecule has 1 rings (SSSR count). The Hall–Kier alpha value is -3.54. The molecule has 2 N–H and O–H groups in total. The Bertz CT molecular complexity index is 1020. The van der Waals surface area contributed by atoms with Gasteiger partial charge in [0, 0.05) is 12.8 Å². The summed E-state index contributed by atoms with van der Waals surface area (Å²) in [6.07, 6.45) is -3.96. The quantitative estimate of drug-likeness (QED) is 0.169. The Balaban J connectivity index is 3.19. The first-order valence-electron chi connectivity index (χ1n) is 13.6. The maximum absolute atomic E-state index is 12.6. The van der Waals surface area contributed by atoms with Gasteiger partial charge in [0.25, 0.3) is 0 Å². The number of carbonyl (C=O) groups is 4. The standard InChI is InChI=1S/C29H45NO11/c1-17(2)16-37-26(32)36-13-12-29(30,25(31)35-9)15-22-10-11-23(40-27(33)38-20(7)18(3)4)24(14-22)41-28(34)39-21(8)19(5)6/h10-11,14,17-21H,12-13,15-16,30H2,1-9H3/t20-,21?,29+/m0/s1. The van der Waals surface area contributed by atoms with Crippen molar-refractivity contribution in [2.24, 2.45) is 23.5 Å². The Labute approximate surface area is 242 Å². The van der Waals surface area contributed by atoms with Crippen molar-refractivity contribution in [3.8, 4) is 11.5 Å². The fourth-order valence-corrected chi connectivity index (χ4v) is 3.05. The second kappa shape index (κ2) is 16.7.